The van der Waals surface area contributed by atoms with E-state index >= 15 is 0 Å². The molecular weight excluding hydrogens is 328 g/mol. The van der Waals surface area contributed by atoms with Gasteiger partial charge in [0.1, 0.15) is 5.41 Å². The van der Waals surface area contributed by atoms with Crippen molar-refractivity contribution in [2.45, 2.75) is 26.2 Å². The van der Waals surface area contributed by atoms with Crippen LogP contribution in [0.2, 0.25) is 0 Å². The summed E-state index contributed by atoms with van der Waals surface area (Å²) >= 11 is 1.24. The number of aromatic nitrogens is 1. The van der Waals surface area contributed by atoms with Gasteiger partial charge in [-0.1, -0.05) is 24.3 Å². The highest BCUT2D eigenvalue weighted by molar-refractivity contribution is 7.16. The molecule has 2 aliphatic rings. The number of aryl methyl sites for hydroxylation is 1. The monoisotopic (exact) mass is 346 g/mol. The van der Waals surface area contributed by atoms with Gasteiger partial charge in [-0.05, 0) is 20.8 Å². The van der Waals surface area contributed by atoms with Crippen molar-refractivity contribution in [2.75, 3.05) is 12.0 Å². The number of methoxy groups -OCH3 is 1. The summed E-state index contributed by atoms with van der Waals surface area (Å²) in [5.74, 6) is -1.91. The molecule has 126 valence electrons. The number of carbonyl (C=O) groups is 3. The highest BCUT2D eigenvalue weighted by Crippen LogP contribution is 2.39. The quantitative estimate of drug-likeness (QED) is 0.619. The van der Waals surface area contributed by atoms with Crippen LogP contribution in [0.5, 0.6) is 0 Å². The fourth-order valence-electron chi connectivity index (χ4n) is 3.08. The van der Waals surface area contributed by atoms with Crippen LogP contribution in [0, 0.1) is 18.8 Å². The van der Waals surface area contributed by atoms with Crippen LogP contribution >= 0.6 is 11.3 Å². The number of imide groups is 1. The number of anilines is 1. The molecule has 3 rings (SSSR count). The van der Waals surface area contributed by atoms with Crippen molar-refractivity contribution < 1.29 is 19.1 Å². The molecule has 1 aliphatic carbocycles. The summed E-state index contributed by atoms with van der Waals surface area (Å²) in [5, 5.41) is 0.311. The largest absolute Gasteiger partial charge is 0.468 e. The Balaban J connectivity index is 2.00. The second-order valence-corrected chi connectivity index (χ2v) is 7.53. The van der Waals surface area contributed by atoms with Crippen molar-refractivity contribution >= 4 is 34.3 Å². The highest BCUT2D eigenvalue weighted by atomic mass is 32.1. The van der Waals surface area contributed by atoms with Crippen molar-refractivity contribution in [1.82, 2.24) is 4.98 Å². The van der Waals surface area contributed by atoms with Crippen LogP contribution in [0.25, 0.3) is 0 Å². The molecule has 1 aromatic heterocycles. The number of esters is 1. The second kappa shape index (κ2) is 5.66. The Bertz CT molecular complexity index is 761. The van der Waals surface area contributed by atoms with Crippen LogP contribution in [0.1, 0.15) is 24.4 Å². The number of fused-ring (bicyclic) bond motifs is 1. The molecule has 2 amide bonds. The van der Waals surface area contributed by atoms with E-state index in [2.05, 4.69) is 4.98 Å². The topological polar surface area (TPSA) is 76.6 Å². The summed E-state index contributed by atoms with van der Waals surface area (Å²) in [4.78, 5) is 43.6. The van der Waals surface area contributed by atoms with E-state index in [9.17, 15) is 14.4 Å². The second-order valence-electron chi connectivity index (χ2n) is 6.35. The van der Waals surface area contributed by atoms with E-state index in [0.717, 1.165) is 9.78 Å². The van der Waals surface area contributed by atoms with E-state index in [1.54, 1.807) is 38.2 Å². The number of allylic oxidation sites excluding steroid dienone is 2. The van der Waals surface area contributed by atoms with Gasteiger partial charge in [0.15, 0.2) is 5.13 Å². The number of thiazole rings is 1. The van der Waals surface area contributed by atoms with Gasteiger partial charge in [-0.2, -0.15) is 0 Å². The lowest BCUT2D eigenvalue weighted by molar-refractivity contribution is -0.146. The summed E-state index contributed by atoms with van der Waals surface area (Å²) in [6.45, 7) is 5.24. The van der Waals surface area contributed by atoms with E-state index in [4.69, 9.17) is 4.74 Å². The zero-order chi connectivity index (χ0) is 17.6. The van der Waals surface area contributed by atoms with E-state index < -0.39 is 23.2 Å². The predicted molar refractivity (Wildman–Crippen MR) is 89.6 cm³/mol. The molecule has 1 fully saturated rings. The molecule has 0 bridgehead atoms. The zero-order valence-electron chi connectivity index (χ0n) is 13.9. The number of carbonyl (C=O) groups excluding carboxylic acids is 3. The first-order valence-corrected chi connectivity index (χ1v) is 8.39. The fraction of sp³-hybridized carbons (Fsp3) is 0.412. The molecule has 2 unspecified atom stereocenters. The maximum Gasteiger partial charge on any atom is 0.317 e. The Labute approximate surface area is 143 Å². The molecule has 0 radical (unpaired) electrons. The van der Waals surface area contributed by atoms with E-state index in [1.807, 2.05) is 6.92 Å². The summed E-state index contributed by atoms with van der Waals surface area (Å²) in [6.07, 6.45) is 7.03. The number of ether oxygens (including phenoxy) is 1. The molecule has 24 heavy (non-hydrogen) atoms. The first kappa shape index (κ1) is 16.6. The van der Waals surface area contributed by atoms with Crippen LogP contribution in [0.15, 0.2) is 24.3 Å². The molecule has 0 saturated carbocycles. The molecule has 0 spiro atoms. The van der Waals surface area contributed by atoms with Crippen LogP contribution < -0.4 is 4.90 Å². The standard InChI is InChI=1S/C17H18N2O4S/c1-9-12(17(2,3)15(22)23-4)18-16(24-9)19-13(20)10-7-5-6-8-11(10)14(19)21/h5-8,10-11H,1-4H3. The summed E-state index contributed by atoms with van der Waals surface area (Å²) in [5.41, 5.74) is -0.428. The molecule has 2 heterocycles. The first-order valence-electron chi connectivity index (χ1n) is 7.58. The number of amides is 2. The molecular formula is C17H18N2O4S. The first-order chi connectivity index (χ1) is 11.3. The molecule has 2 atom stereocenters. The summed E-state index contributed by atoms with van der Waals surface area (Å²) in [7, 11) is 1.32. The fourth-order valence-corrected chi connectivity index (χ4v) is 4.16. The zero-order valence-corrected chi connectivity index (χ0v) is 14.7. The van der Waals surface area contributed by atoms with Crippen LogP contribution in [-0.4, -0.2) is 29.9 Å². The maximum absolute atomic E-state index is 12.6. The van der Waals surface area contributed by atoms with Gasteiger partial charge in [-0.15, -0.1) is 11.3 Å². The van der Waals surface area contributed by atoms with Gasteiger partial charge < -0.3 is 4.74 Å². The third-order valence-electron chi connectivity index (χ3n) is 4.41. The van der Waals surface area contributed by atoms with Gasteiger partial charge in [0.2, 0.25) is 11.8 Å². The minimum atomic E-state index is -0.952. The lowest BCUT2D eigenvalue weighted by atomic mass is 9.89. The van der Waals surface area contributed by atoms with Gasteiger partial charge in [0, 0.05) is 4.88 Å². The van der Waals surface area contributed by atoms with Crippen molar-refractivity contribution in [1.29, 1.82) is 0 Å². The van der Waals surface area contributed by atoms with Crippen molar-refractivity contribution in [3.05, 3.63) is 34.9 Å². The lowest BCUT2D eigenvalue weighted by Crippen LogP contribution is -2.33. The average molecular weight is 346 g/mol. The Kier molecular flexibility index (Phi) is 3.91. The average Bonchev–Trinajstić information content (AvgIpc) is 3.06. The Morgan fingerprint density at radius 1 is 1.21 bits per heavy atom. The summed E-state index contributed by atoms with van der Waals surface area (Å²) in [6, 6.07) is 0. The number of nitrogens with zero attached hydrogens (tertiary/aromatic N) is 2. The Morgan fingerprint density at radius 2 is 1.75 bits per heavy atom. The molecule has 7 heteroatoms. The minimum absolute atomic E-state index is 0.276. The van der Waals surface area contributed by atoms with Crippen LogP contribution in [0.4, 0.5) is 5.13 Å². The van der Waals surface area contributed by atoms with Crippen molar-refractivity contribution in [3.63, 3.8) is 0 Å². The normalized spacial score (nSPS) is 22.9. The van der Waals surface area contributed by atoms with E-state index in [1.165, 1.54) is 18.4 Å². The molecule has 1 saturated heterocycles. The molecule has 6 nitrogen and oxygen atoms in total. The van der Waals surface area contributed by atoms with Gasteiger partial charge in [-0.3, -0.25) is 14.4 Å². The number of hydrogen-bond donors (Lipinski definition) is 0. The Morgan fingerprint density at radius 3 is 2.25 bits per heavy atom. The van der Waals surface area contributed by atoms with Gasteiger partial charge >= 0.3 is 5.97 Å². The molecule has 1 aromatic rings. The summed E-state index contributed by atoms with van der Waals surface area (Å²) < 4.78 is 4.84. The highest BCUT2D eigenvalue weighted by Gasteiger charge is 2.48. The smallest absolute Gasteiger partial charge is 0.317 e. The number of hydrogen-bond acceptors (Lipinski definition) is 6. The third kappa shape index (κ3) is 2.31. The molecule has 0 N–H and O–H groups in total. The van der Waals surface area contributed by atoms with Gasteiger partial charge in [0.05, 0.1) is 24.6 Å². The third-order valence-corrected chi connectivity index (χ3v) is 5.37. The Hall–Kier alpha value is -2.28. The van der Waals surface area contributed by atoms with Crippen molar-refractivity contribution in [3.8, 4) is 0 Å². The molecule has 0 aromatic carbocycles. The minimum Gasteiger partial charge on any atom is -0.468 e. The maximum atomic E-state index is 12.6. The SMILES string of the molecule is COC(=O)C(C)(C)c1nc(N2C(=O)C3C=CC=CC3C2=O)sc1C. The molecule has 1 aliphatic heterocycles. The van der Waals surface area contributed by atoms with Gasteiger partial charge in [0.25, 0.3) is 0 Å². The number of rotatable bonds is 3. The lowest BCUT2D eigenvalue weighted by Gasteiger charge is -2.20. The van der Waals surface area contributed by atoms with E-state index in [0.29, 0.717) is 10.8 Å². The van der Waals surface area contributed by atoms with E-state index in [-0.39, 0.29) is 11.8 Å². The van der Waals surface area contributed by atoms with Gasteiger partial charge in [-0.25, -0.2) is 9.88 Å². The van der Waals surface area contributed by atoms with Crippen LogP contribution in [-0.2, 0) is 24.5 Å². The van der Waals surface area contributed by atoms with Crippen molar-refractivity contribution in [2.24, 2.45) is 11.8 Å². The predicted octanol–water partition coefficient (Wildman–Crippen LogP) is 2.13. The van der Waals surface area contributed by atoms with Crippen LogP contribution in [0.3, 0.4) is 0 Å².